The molecular formula is C21H27FN4O3. The van der Waals surface area contributed by atoms with Crippen LogP contribution in [0.15, 0.2) is 18.2 Å². The summed E-state index contributed by atoms with van der Waals surface area (Å²) < 4.78 is 19.8. The first kappa shape index (κ1) is 20.8. The van der Waals surface area contributed by atoms with Gasteiger partial charge in [-0.1, -0.05) is 6.07 Å². The van der Waals surface area contributed by atoms with Gasteiger partial charge >= 0.3 is 6.09 Å². The van der Waals surface area contributed by atoms with Crippen molar-refractivity contribution in [3.63, 3.8) is 0 Å². The first-order valence-electron chi connectivity index (χ1n) is 9.66. The number of piperazine rings is 1. The number of ether oxygens (including phenoxy) is 1. The number of fused-ring (bicyclic) bond motifs is 1. The van der Waals surface area contributed by atoms with Crippen molar-refractivity contribution in [2.75, 3.05) is 24.5 Å². The van der Waals surface area contributed by atoms with Crippen LogP contribution in [0.1, 0.15) is 44.9 Å². The fourth-order valence-corrected chi connectivity index (χ4v) is 3.32. The molecule has 1 saturated heterocycles. The molecule has 156 valence electrons. The molecule has 0 saturated carbocycles. The molecule has 1 aliphatic heterocycles. The van der Waals surface area contributed by atoms with E-state index in [0.717, 1.165) is 5.56 Å². The second-order valence-electron chi connectivity index (χ2n) is 8.30. The zero-order valence-corrected chi connectivity index (χ0v) is 17.4. The predicted octanol–water partition coefficient (Wildman–Crippen LogP) is 3.20. The largest absolute Gasteiger partial charge is 0.444 e. The molecule has 2 heterocycles. The SMILES string of the molecule is Cc1ccc(F)c2cc(C(C)NC(=O)OC(C)(C)C)c(N3CCNC(=O)C3)nc12. The van der Waals surface area contributed by atoms with Crippen molar-refractivity contribution in [3.8, 4) is 0 Å². The molecular weight excluding hydrogens is 375 g/mol. The maximum atomic E-state index is 14.5. The Kier molecular flexibility index (Phi) is 5.64. The van der Waals surface area contributed by atoms with Gasteiger partial charge in [-0.15, -0.1) is 0 Å². The van der Waals surface area contributed by atoms with Crippen molar-refractivity contribution < 1.29 is 18.7 Å². The summed E-state index contributed by atoms with van der Waals surface area (Å²) in [6.45, 7) is 10.2. The Morgan fingerprint density at radius 2 is 2.10 bits per heavy atom. The molecule has 1 fully saturated rings. The van der Waals surface area contributed by atoms with E-state index in [-0.39, 0.29) is 18.3 Å². The second-order valence-corrected chi connectivity index (χ2v) is 8.30. The van der Waals surface area contributed by atoms with E-state index in [1.807, 2.05) is 11.8 Å². The van der Waals surface area contributed by atoms with Crippen LogP contribution >= 0.6 is 0 Å². The number of aryl methyl sites for hydroxylation is 1. The highest BCUT2D eigenvalue weighted by atomic mass is 19.1. The Morgan fingerprint density at radius 1 is 1.38 bits per heavy atom. The number of anilines is 1. The zero-order chi connectivity index (χ0) is 21.3. The molecule has 1 aromatic carbocycles. The lowest BCUT2D eigenvalue weighted by atomic mass is 10.0. The molecule has 1 aliphatic rings. The number of carbonyl (C=O) groups excluding carboxylic acids is 2. The third-order valence-corrected chi connectivity index (χ3v) is 4.68. The number of rotatable bonds is 3. The molecule has 1 atom stereocenters. The molecule has 2 amide bonds. The van der Waals surface area contributed by atoms with Crippen LogP contribution in [0.4, 0.5) is 15.0 Å². The molecule has 3 rings (SSSR count). The van der Waals surface area contributed by atoms with Crippen LogP contribution in [0, 0.1) is 12.7 Å². The summed E-state index contributed by atoms with van der Waals surface area (Å²) in [6, 6.07) is 4.29. The molecule has 1 unspecified atom stereocenters. The standard InChI is InChI=1S/C21H27FN4O3/c1-12-6-7-16(22)15-10-14(13(2)24-20(28)29-21(3,4)5)19(25-18(12)15)26-9-8-23-17(27)11-26/h6-7,10,13H,8-9,11H2,1-5H3,(H,23,27)(H,24,28). The first-order valence-corrected chi connectivity index (χ1v) is 9.66. The van der Waals surface area contributed by atoms with Gasteiger partial charge in [-0.3, -0.25) is 4.79 Å². The number of carbonyl (C=O) groups is 2. The normalized spacial score (nSPS) is 15.8. The molecule has 0 spiro atoms. The van der Waals surface area contributed by atoms with Gasteiger partial charge in [-0.05, 0) is 52.3 Å². The van der Waals surface area contributed by atoms with E-state index in [0.29, 0.717) is 35.4 Å². The van der Waals surface area contributed by atoms with Gasteiger partial charge in [0.1, 0.15) is 17.2 Å². The number of halogens is 1. The molecule has 2 aromatic rings. The quantitative estimate of drug-likeness (QED) is 0.824. The summed E-state index contributed by atoms with van der Waals surface area (Å²) in [5.41, 5.74) is 1.37. The highest BCUT2D eigenvalue weighted by Gasteiger charge is 2.26. The number of benzene rings is 1. The molecule has 29 heavy (non-hydrogen) atoms. The van der Waals surface area contributed by atoms with Crippen molar-refractivity contribution in [3.05, 3.63) is 35.1 Å². The third-order valence-electron chi connectivity index (χ3n) is 4.68. The van der Waals surface area contributed by atoms with Crippen LogP contribution < -0.4 is 15.5 Å². The van der Waals surface area contributed by atoms with E-state index in [1.54, 1.807) is 39.8 Å². The maximum Gasteiger partial charge on any atom is 0.408 e. The van der Waals surface area contributed by atoms with E-state index >= 15 is 0 Å². The number of hydrogen-bond acceptors (Lipinski definition) is 5. The summed E-state index contributed by atoms with van der Waals surface area (Å²) in [7, 11) is 0. The van der Waals surface area contributed by atoms with Crippen LogP contribution in [0.3, 0.4) is 0 Å². The average Bonchev–Trinajstić information content (AvgIpc) is 2.62. The van der Waals surface area contributed by atoms with Gasteiger partial charge in [0, 0.05) is 24.0 Å². The fourth-order valence-electron chi connectivity index (χ4n) is 3.32. The average molecular weight is 402 g/mol. The Labute approximate surface area is 169 Å². The minimum absolute atomic E-state index is 0.104. The Hall–Kier alpha value is -2.90. The Balaban J connectivity index is 2.05. The molecule has 7 nitrogen and oxygen atoms in total. The zero-order valence-electron chi connectivity index (χ0n) is 17.4. The number of hydrogen-bond donors (Lipinski definition) is 2. The molecule has 8 heteroatoms. The maximum absolute atomic E-state index is 14.5. The van der Waals surface area contributed by atoms with Crippen molar-refractivity contribution in [1.82, 2.24) is 15.6 Å². The highest BCUT2D eigenvalue weighted by molar-refractivity contribution is 5.87. The summed E-state index contributed by atoms with van der Waals surface area (Å²) in [5, 5.41) is 5.96. The van der Waals surface area contributed by atoms with Crippen LogP contribution in [0.5, 0.6) is 0 Å². The van der Waals surface area contributed by atoms with Gasteiger partial charge in [-0.25, -0.2) is 14.2 Å². The number of amides is 2. The summed E-state index contributed by atoms with van der Waals surface area (Å²) in [5.74, 6) is 0.0733. The van der Waals surface area contributed by atoms with Gasteiger partial charge in [0.2, 0.25) is 5.91 Å². The van der Waals surface area contributed by atoms with Gasteiger partial charge in [-0.2, -0.15) is 0 Å². The van der Waals surface area contributed by atoms with Gasteiger partial charge in [0.15, 0.2) is 0 Å². The fraction of sp³-hybridized carbons (Fsp3) is 0.476. The monoisotopic (exact) mass is 402 g/mol. The van der Waals surface area contributed by atoms with Crippen LogP contribution in [0.25, 0.3) is 10.9 Å². The third kappa shape index (κ3) is 4.75. The topological polar surface area (TPSA) is 83.6 Å². The molecule has 0 aliphatic carbocycles. The summed E-state index contributed by atoms with van der Waals surface area (Å²) >= 11 is 0. The number of pyridine rings is 1. The van der Waals surface area contributed by atoms with Crippen LogP contribution in [-0.2, 0) is 9.53 Å². The van der Waals surface area contributed by atoms with E-state index < -0.39 is 17.7 Å². The van der Waals surface area contributed by atoms with E-state index in [4.69, 9.17) is 9.72 Å². The van der Waals surface area contributed by atoms with Crippen LogP contribution in [0.2, 0.25) is 0 Å². The van der Waals surface area contributed by atoms with Crippen LogP contribution in [-0.4, -0.2) is 42.2 Å². The highest BCUT2D eigenvalue weighted by Crippen LogP contribution is 2.31. The lowest BCUT2D eigenvalue weighted by molar-refractivity contribution is -0.120. The summed E-state index contributed by atoms with van der Waals surface area (Å²) in [4.78, 5) is 30.7. The lowest BCUT2D eigenvalue weighted by Gasteiger charge is -2.31. The number of alkyl carbamates (subject to hydrolysis) is 1. The van der Waals surface area contributed by atoms with Gasteiger partial charge in [0.05, 0.1) is 18.1 Å². The molecule has 0 bridgehead atoms. The van der Waals surface area contributed by atoms with Gasteiger partial charge < -0.3 is 20.3 Å². The van der Waals surface area contributed by atoms with Gasteiger partial charge in [0.25, 0.3) is 0 Å². The lowest BCUT2D eigenvalue weighted by Crippen LogP contribution is -2.48. The number of nitrogens with zero attached hydrogens (tertiary/aromatic N) is 2. The first-order chi connectivity index (χ1) is 13.5. The molecule has 2 N–H and O–H groups in total. The van der Waals surface area contributed by atoms with Crippen molar-refractivity contribution in [1.29, 1.82) is 0 Å². The van der Waals surface area contributed by atoms with E-state index in [2.05, 4.69) is 10.6 Å². The number of nitrogens with one attached hydrogen (secondary N) is 2. The van der Waals surface area contributed by atoms with Crippen molar-refractivity contribution in [2.45, 2.75) is 46.3 Å². The van der Waals surface area contributed by atoms with E-state index in [9.17, 15) is 14.0 Å². The number of aromatic nitrogens is 1. The predicted molar refractivity (Wildman–Crippen MR) is 109 cm³/mol. The molecule has 0 radical (unpaired) electrons. The minimum atomic E-state index is -0.636. The molecule has 1 aromatic heterocycles. The Morgan fingerprint density at radius 3 is 2.76 bits per heavy atom. The van der Waals surface area contributed by atoms with E-state index in [1.165, 1.54) is 6.07 Å². The van der Waals surface area contributed by atoms with Crippen molar-refractivity contribution in [2.24, 2.45) is 0 Å². The minimum Gasteiger partial charge on any atom is -0.444 e. The Bertz CT molecular complexity index is 955. The second kappa shape index (κ2) is 7.85. The van der Waals surface area contributed by atoms with Crippen molar-refractivity contribution >= 4 is 28.7 Å². The summed E-state index contributed by atoms with van der Waals surface area (Å²) in [6.07, 6.45) is -0.572. The smallest absolute Gasteiger partial charge is 0.408 e.